The molecule has 0 spiro atoms. The third kappa shape index (κ3) is 3.44. The van der Waals surface area contributed by atoms with Crippen molar-refractivity contribution in [2.75, 3.05) is 13.1 Å². The van der Waals surface area contributed by atoms with Crippen molar-refractivity contribution in [3.05, 3.63) is 35.1 Å². The van der Waals surface area contributed by atoms with Gasteiger partial charge in [0.15, 0.2) is 0 Å². The summed E-state index contributed by atoms with van der Waals surface area (Å²) >= 11 is 0. The van der Waals surface area contributed by atoms with E-state index in [-0.39, 0.29) is 5.56 Å². The van der Waals surface area contributed by atoms with Crippen molar-refractivity contribution >= 4 is 0 Å². The van der Waals surface area contributed by atoms with Crippen molar-refractivity contribution in [1.82, 2.24) is 4.90 Å². The Labute approximate surface area is 109 Å². The van der Waals surface area contributed by atoms with Gasteiger partial charge in [0, 0.05) is 0 Å². The van der Waals surface area contributed by atoms with Gasteiger partial charge < -0.3 is 0 Å². The van der Waals surface area contributed by atoms with Crippen LogP contribution in [-0.2, 0) is 6.18 Å². The highest BCUT2D eigenvalue weighted by atomic mass is 19.4. The van der Waals surface area contributed by atoms with E-state index >= 15 is 0 Å². The number of benzene rings is 1. The summed E-state index contributed by atoms with van der Waals surface area (Å²) in [4.78, 5) is 1.59. The third-order valence-corrected chi connectivity index (χ3v) is 2.92. The molecule has 1 aromatic rings. The van der Waals surface area contributed by atoms with Crippen molar-refractivity contribution < 1.29 is 17.6 Å². The number of nitriles is 1. The molecule has 0 bridgehead atoms. The van der Waals surface area contributed by atoms with Gasteiger partial charge >= 0.3 is 6.18 Å². The standard InChI is InChI=1S/C13H14F4N2/c1-3-19(4-2)12(8-18)10-6-5-9(14)7-11(10)13(15,16)17/h5-7,12H,3-4H2,1-2H3. The predicted octanol–water partition coefficient (Wildman–Crippen LogP) is 3.75. The highest BCUT2D eigenvalue weighted by Crippen LogP contribution is 2.36. The van der Waals surface area contributed by atoms with E-state index in [4.69, 9.17) is 5.26 Å². The van der Waals surface area contributed by atoms with Crippen LogP contribution < -0.4 is 0 Å². The molecule has 0 amide bonds. The lowest BCUT2D eigenvalue weighted by Gasteiger charge is -2.26. The lowest BCUT2D eigenvalue weighted by Crippen LogP contribution is -2.29. The van der Waals surface area contributed by atoms with Gasteiger partial charge in [0.05, 0.1) is 11.6 Å². The van der Waals surface area contributed by atoms with Crippen LogP contribution in [0.2, 0.25) is 0 Å². The molecule has 0 aliphatic heterocycles. The summed E-state index contributed by atoms with van der Waals surface area (Å²) in [6, 6.07) is 3.23. The SMILES string of the molecule is CCN(CC)C(C#N)c1ccc(F)cc1C(F)(F)F. The molecule has 0 N–H and O–H groups in total. The van der Waals surface area contributed by atoms with Gasteiger partial charge in [-0.05, 0) is 30.8 Å². The van der Waals surface area contributed by atoms with Gasteiger partial charge in [-0.2, -0.15) is 18.4 Å². The Hall–Kier alpha value is -1.61. The van der Waals surface area contributed by atoms with Gasteiger partial charge in [-0.3, -0.25) is 4.90 Å². The minimum absolute atomic E-state index is 0.208. The summed E-state index contributed by atoms with van der Waals surface area (Å²) < 4.78 is 51.7. The van der Waals surface area contributed by atoms with Crippen LogP contribution >= 0.6 is 0 Å². The van der Waals surface area contributed by atoms with E-state index in [1.54, 1.807) is 18.7 Å². The third-order valence-electron chi connectivity index (χ3n) is 2.92. The van der Waals surface area contributed by atoms with Crippen molar-refractivity contribution in [2.24, 2.45) is 0 Å². The topological polar surface area (TPSA) is 27.0 Å². The number of hydrogen-bond acceptors (Lipinski definition) is 2. The zero-order valence-corrected chi connectivity index (χ0v) is 10.6. The first-order valence-corrected chi connectivity index (χ1v) is 5.85. The maximum atomic E-state index is 13.0. The van der Waals surface area contributed by atoms with Crippen LogP contribution in [0.25, 0.3) is 0 Å². The summed E-state index contributed by atoms with van der Waals surface area (Å²) in [5, 5.41) is 9.12. The fourth-order valence-electron chi connectivity index (χ4n) is 1.95. The second-order valence-corrected chi connectivity index (χ2v) is 3.98. The van der Waals surface area contributed by atoms with Crippen LogP contribution in [0.4, 0.5) is 17.6 Å². The molecule has 1 rings (SSSR count). The molecule has 0 aliphatic rings. The molecule has 19 heavy (non-hydrogen) atoms. The van der Waals surface area contributed by atoms with Crippen molar-refractivity contribution in [2.45, 2.75) is 26.1 Å². The van der Waals surface area contributed by atoms with E-state index in [0.717, 1.165) is 12.1 Å². The maximum Gasteiger partial charge on any atom is 0.416 e. The molecular weight excluding hydrogens is 260 g/mol. The van der Waals surface area contributed by atoms with Crippen LogP contribution in [0.5, 0.6) is 0 Å². The number of alkyl halides is 3. The second kappa shape index (κ2) is 6.02. The van der Waals surface area contributed by atoms with E-state index in [9.17, 15) is 17.6 Å². The summed E-state index contributed by atoms with van der Waals surface area (Å²) in [5.74, 6) is -0.965. The van der Waals surface area contributed by atoms with Gasteiger partial charge in [0.25, 0.3) is 0 Å². The number of nitrogens with zero attached hydrogens (tertiary/aromatic N) is 2. The average molecular weight is 274 g/mol. The smallest absolute Gasteiger partial charge is 0.285 e. The Balaban J connectivity index is 3.36. The zero-order valence-electron chi connectivity index (χ0n) is 10.6. The minimum Gasteiger partial charge on any atom is -0.285 e. The van der Waals surface area contributed by atoms with Gasteiger partial charge in [-0.15, -0.1) is 0 Å². The quantitative estimate of drug-likeness (QED) is 0.782. The van der Waals surface area contributed by atoms with E-state index in [0.29, 0.717) is 19.2 Å². The summed E-state index contributed by atoms with van der Waals surface area (Å²) in [7, 11) is 0. The molecule has 0 saturated heterocycles. The van der Waals surface area contributed by atoms with Crippen molar-refractivity contribution in [1.29, 1.82) is 5.26 Å². The molecule has 0 aromatic heterocycles. The summed E-state index contributed by atoms with van der Waals surface area (Å²) in [5.41, 5.74) is -1.30. The highest BCUT2D eigenvalue weighted by molar-refractivity contribution is 5.36. The minimum atomic E-state index is -4.68. The van der Waals surface area contributed by atoms with E-state index in [1.165, 1.54) is 0 Å². The fraction of sp³-hybridized carbons (Fsp3) is 0.462. The molecule has 0 fully saturated rings. The Morgan fingerprint density at radius 2 is 1.84 bits per heavy atom. The Kier molecular flexibility index (Phi) is 4.90. The van der Waals surface area contributed by atoms with Crippen LogP contribution in [0.15, 0.2) is 18.2 Å². The number of halogens is 4. The van der Waals surface area contributed by atoms with E-state index in [1.807, 2.05) is 6.07 Å². The Bertz CT molecular complexity index is 473. The van der Waals surface area contributed by atoms with Crippen LogP contribution in [0.1, 0.15) is 31.0 Å². The highest BCUT2D eigenvalue weighted by Gasteiger charge is 2.36. The van der Waals surface area contributed by atoms with E-state index in [2.05, 4.69) is 0 Å². The van der Waals surface area contributed by atoms with Gasteiger partial charge in [-0.25, -0.2) is 4.39 Å². The number of rotatable bonds is 4. The molecule has 1 atom stereocenters. The first-order chi connectivity index (χ1) is 8.85. The molecule has 0 radical (unpaired) electrons. The van der Waals surface area contributed by atoms with Crippen LogP contribution in [0.3, 0.4) is 0 Å². The van der Waals surface area contributed by atoms with Gasteiger partial charge in [0.2, 0.25) is 0 Å². The van der Waals surface area contributed by atoms with Crippen molar-refractivity contribution in [3.63, 3.8) is 0 Å². The monoisotopic (exact) mass is 274 g/mol. The van der Waals surface area contributed by atoms with Crippen molar-refractivity contribution in [3.8, 4) is 6.07 Å². The Morgan fingerprint density at radius 1 is 1.26 bits per heavy atom. The maximum absolute atomic E-state index is 13.0. The lowest BCUT2D eigenvalue weighted by atomic mass is 9.99. The van der Waals surface area contributed by atoms with Crippen LogP contribution in [-0.4, -0.2) is 18.0 Å². The van der Waals surface area contributed by atoms with Crippen LogP contribution in [0, 0.1) is 17.1 Å². The summed E-state index contributed by atoms with van der Waals surface area (Å²) in [6.07, 6.45) is -4.68. The molecule has 2 nitrogen and oxygen atoms in total. The first kappa shape index (κ1) is 15.4. The van der Waals surface area contributed by atoms with E-state index < -0.39 is 23.6 Å². The molecular formula is C13H14F4N2. The Morgan fingerprint density at radius 3 is 2.26 bits per heavy atom. The first-order valence-electron chi connectivity index (χ1n) is 5.85. The fourth-order valence-corrected chi connectivity index (χ4v) is 1.95. The normalized spacial score (nSPS) is 13.4. The lowest BCUT2D eigenvalue weighted by molar-refractivity contribution is -0.138. The largest absolute Gasteiger partial charge is 0.416 e. The molecule has 1 aromatic carbocycles. The molecule has 6 heteroatoms. The summed E-state index contributed by atoms with van der Waals surface area (Å²) in [6.45, 7) is 4.38. The zero-order chi connectivity index (χ0) is 14.6. The molecule has 104 valence electrons. The second-order valence-electron chi connectivity index (χ2n) is 3.98. The van der Waals surface area contributed by atoms with Gasteiger partial charge in [0.1, 0.15) is 11.9 Å². The van der Waals surface area contributed by atoms with Gasteiger partial charge in [-0.1, -0.05) is 19.9 Å². The molecule has 0 saturated carbocycles. The molecule has 0 heterocycles. The average Bonchev–Trinajstić information content (AvgIpc) is 2.35. The molecule has 0 aliphatic carbocycles. The molecule has 1 unspecified atom stereocenters. The predicted molar refractivity (Wildman–Crippen MR) is 62.7 cm³/mol. The number of hydrogen-bond donors (Lipinski definition) is 0.